The minimum absolute atomic E-state index is 0.0963. The lowest BCUT2D eigenvalue weighted by Gasteiger charge is -2.45. The predicted molar refractivity (Wildman–Crippen MR) is 149 cm³/mol. The van der Waals surface area contributed by atoms with Crippen LogP contribution in [0.15, 0.2) is 72.8 Å². The van der Waals surface area contributed by atoms with Gasteiger partial charge in [0.2, 0.25) is 0 Å². The molecule has 0 amide bonds. The van der Waals surface area contributed by atoms with E-state index in [9.17, 15) is 5.11 Å². The van der Waals surface area contributed by atoms with E-state index in [1.807, 2.05) is 24.3 Å². The van der Waals surface area contributed by atoms with Crippen molar-refractivity contribution in [3.63, 3.8) is 0 Å². The van der Waals surface area contributed by atoms with Gasteiger partial charge in [0.25, 0.3) is 0 Å². The highest BCUT2D eigenvalue weighted by molar-refractivity contribution is 5.52. The quantitative estimate of drug-likeness (QED) is 0.284. The second-order valence-corrected chi connectivity index (χ2v) is 10.4. The summed E-state index contributed by atoms with van der Waals surface area (Å²) in [5, 5.41) is 13.6. The zero-order valence-electron chi connectivity index (χ0n) is 22.6. The Hall–Kier alpha value is -3.02. The number of fused-ring (bicyclic) bond motifs is 1. The molecule has 3 aromatic carbocycles. The minimum Gasteiger partial charge on any atom is -0.497 e. The highest BCUT2D eigenvalue weighted by atomic mass is 16.5. The number of aliphatic hydroxyl groups excluding tert-OH is 1. The van der Waals surface area contributed by atoms with Gasteiger partial charge in [-0.1, -0.05) is 68.3 Å². The number of ether oxygens (including phenoxy) is 3. The zero-order valence-corrected chi connectivity index (χ0v) is 22.6. The molecule has 0 aliphatic carbocycles. The SMILES string of the molecule is CCCCCNC[C@@H](O)COc1ccc([C@@H]2c3ccc(OC)cc3OC(C)(C)[C@H]2c2ccccc2)cc1. The van der Waals surface area contributed by atoms with Crippen molar-refractivity contribution in [1.29, 1.82) is 0 Å². The number of unbranched alkanes of at least 4 members (excludes halogenated alkanes) is 2. The van der Waals surface area contributed by atoms with Gasteiger partial charge in [-0.2, -0.15) is 0 Å². The molecule has 0 radical (unpaired) electrons. The summed E-state index contributed by atoms with van der Waals surface area (Å²) in [6.07, 6.45) is 3.00. The normalized spacial score (nSPS) is 18.9. The summed E-state index contributed by atoms with van der Waals surface area (Å²) in [5.74, 6) is 2.61. The second kappa shape index (κ2) is 12.5. The van der Waals surface area contributed by atoms with Gasteiger partial charge in [-0.3, -0.25) is 0 Å². The van der Waals surface area contributed by atoms with Crippen LogP contribution < -0.4 is 19.5 Å². The van der Waals surface area contributed by atoms with Crippen LogP contribution in [0.2, 0.25) is 0 Å². The number of hydrogen-bond donors (Lipinski definition) is 2. The summed E-state index contributed by atoms with van der Waals surface area (Å²) < 4.78 is 18.0. The van der Waals surface area contributed by atoms with E-state index in [1.54, 1.807) is 7.11 Å². The van der Waals surface area contributed by atoms with Crippen LogP contribution in [0, 0.1) is 0 Å². The van der Waals surface area contributed by atoms with Gasteiger partial charge >= 0.3 is 0 Å². The Morgan fingerprint density at radius 3 is 2.38 bits per heavy atom. The summed E-state index contributed by atoms with van der Waals surface area (Å²) in [5.41, 5.74) is 3.15. The van der Waals surface area contributed by atoms with Crippen LogP contribution in [0.4, 0.5) is 0 Å². The molecular weight excluding hydrogens is 462 g/mol. The molecule has 1 aliphatic rings. The van der Waals surface area contributed by atoms with Crippen molar-refractivity contribution in [3.8, 4) is 17.2 Å². The van der Waals surface area contributed by atoms with Gasteiger partial charge in [-0.25, -0.2) is 0 Å². The Labute approximate surface area is 221 Å². The van der Waals surface area contributed by atoms with Gasteiger partial charge in [0.1, 0.15) is 35.6 Å². The van der Waals surface area contributed by atoms with Crippen molar-refractivity contribution in [2.75, 3.05) is 26.8 Å². The van der Waals surface area contributed by atoms with E-state index >= 15 is 0 Å². The van der Waals surface area contributed by atoms with Crippen LogP contribution in [0.3, 0.4) is 0 Å². The molecule has 5 heteroatoms. The highest BCUT2D eigenvalue weighted by Crippen LogP contribution is 2.53. The van der Waals surface area contributed by atoms with Crippen molar-refractivity contribution < 1.29 is 19.3 Å². The monoisotopic (exact) mass is 503 g/mol. The van der Waals surface area contributed by atoms with Gasteiger partial charge in [-0.15, -0.1) is 0 Å². The molecule has 198 valence electrons. The fraction of sp³-hybridized carbons (Fsp3) is 0.438. The largest absolute Gasteiger partial charge is 0.497 e. The summed E-state index contributed by atoms with van der Waals surface area (Å²) >= 11 is 0. The molecule has 5 nitrogen and oxygen atoms in total. The summed E-state index contributed by atoms with van der Waals surface area (Å²) in [4.78, 5) is 0. The molecule has 2 N–H and O–H groups in total. The summed E-state index contributed by atoms with van der Waals surface area (Å²) in [6, 6.07) is 25.0. The van der Waals surface area contributed by atoms with Crippen molar-refractivity contribution in [2.45, 2.75) is 63.6 Å². The Balaban J connectivity index is 1.54. The zero-order chi connectivity index (χ0) is 26.3. The second-order valence-electron chi connectivity index (χ2n) is 10.4. The number of benzene rings is 3. The van der Waals surface area contributed by atoms with Crippen molar-refractivity contribution in [3.05, 3.63) is 89.5 Å². The van der Waals surface area contributed by atoms with Gasteiger partial charge < -0.3 is 24.6 Å². The Bertz CT molecular complexity index is 1110. The smallest absolute Gasteiger partial charge is 0.127 e. The molecule has 0 saturated heterocycles. The molecule has 3 atom stereocenters. The summed E-state index contributed by atoms with van der Waals surface area (Å²) in [6.45, 7) is 8.24. The van der Waals surface area contributed by atoms with Crippen LogP contribution in [0.5, 0.6) is 17.2 Å². The van der Waals surface area contributed by atoms with Crippen molar-refractivity contribution in [1.82, 2.24) is 5.32 Å². The number of hydrogen-bond acceptors (Lipinski definition) is 5. The van der Waals surface area contributed by atoms with Crippen molar-refractivity contribution in [2.24, 2.45) is 0 Å². The van der Waals surface area contributed by atoms with E-state index in [0.29, 0.717) is 6.54 Å². The minimum atomic E-state index is -0.540. The third-order valence-corrected chi connectivity index (χ3v) is 7.19. The van der Waals surface area contributed by atoms with Crippen molar-refractivity contribution >= 4 is 0 Å². The first-order valence-electron chi connectivity index (χ1n) is 13.5. The molecular formula is C32H41NO4. The maximum absolute atomic E-state index is 10.3. The number of rotatable bonds is 12. The van der Waals surface area contributed by atoms with E-state index < -0.39 is 11.7 Å². The van der Waals surface area contributed by atoms with Crippen LogP contribution in [0.1, 0.15) is 68.6 Å². The van der Waals surface area contributed by atoms with E-state index in [0.717, 1.165) is 35.8 Å². The number of nitrogens with one attached hydrogen (secondary N) is 1. The topological polar surface area (TPSA) is 60.0 Å². The average Bonchev–Trinajstić information content (AvgIpc) is 2.91. The molecule has 0 aromatic heterocycles. The lowest BCUT2D eigenvalue weighted by Crippen LogP contribution is -2.43. The molecule has 4 rings (SSSR count). The Kier molecular flexibility index (Phi) is 9.12. The molecule has 1 heterocycles. The molecule has 0 bridgehead atoms. The van der Waals surface area contributed by atoms with Gasteiger partial charge in [0.05, 0.1) is 7.11 Å². The molecule has 37 heavy (non-hydrogen) atoms. The van der Waals surface area contributed by atoms with E-state index in [4.69, 9.17) is 14.2 Å². The third-order valence-electron chi connectivity index (χ3n) is 7.19. The average molecular weight is 504 g/mol. The standard InChI is InChI=1S/C32H41NO4/c1-5-6-10-19-33-21-25(34)22-36-26-15-13-23(14-16-26)30-28-18-17-27(35-4)20-29(28)37-32(2,3)31(30)24-11-8-7-9-12-24/h7-9,11-18,20,25,30-31,33-34H,5-6,10,19,21-22H2,1-4H3/t25-,30-,31+/m1/s1. The molecule has 0 unspecified atom stereocenters. The van der Waals surface area contributed by atoms with Gasteiger partial charge in [0.15, 0.2) is 0 Å². The fourth-order valence-corrected chi connectivity index (χ4v) is 5.33. The lowest BCUT2D eigenvalue weighted by atomic mass is 9.68. The fourth-order valence-electron chi connectivity index (χ4n) is 5.33. The van der Waals surface area contributed by atoms with Crippen LogP contribution >= 0.6 is 0 Å². The highest BCUT2D eigenvalue weighted by Gasteiger charge is 2.45. The van der Waals surface area contributed by atoms with E-state index in [1.165, 1.54) is 24.0 Å². The van der Waals surface area contributed by atoms with Gasteiger partial charge in [0, 0.05) is 30.0 Å². The molecule has 0 spiro atoms. The van der Waals surface area contributed by atoms with Crippen LogP contribution in [-0.4, -0.2) is 43.6 Å². The predicted octanol–water partition coefficient (Wildman–Crippen LogP) is 6.30. The molecule has 0 fully saturated rings. The van der Waals surface area contributed by atoms with E-state index in [2.05, 4.69) is 74.6 Å². The summed E-state index contributed by atoms with van der Waals surface area (Å²) in [7, 11) is 1.68. The first-order valence-corrected chi connectivity index (χ1v) is 13.5. The first-order chi connectivity index (χ1) is 17.9. The lowest BCUT2D eigenvalue weighted by molar-refractivity contribution is 0.0528. The Morgan fingerprint density at radius 1 is 0.946 bits per heavy atom. The molecule has 3 aromatic rings. The maximum Gasteiger partial charge on any atom is 0.127 e. The molecule has 0 saturated carbocycles. The Morgan fingerprint density at radius 2 is 1.68 bits per heavy atom. The van der Waals surface area contributed by atoms with Crippen LogP contribution in [0.25, 0.3) is 0 Å². The van der Waals surface area contributed by atoms with Gasteiger partial charge in [-0.05, 0) is 56.1 Å². The van der Waals surface area contributed by atoms with Crippen LogP contribution in [-0.2, 0) is 0 Å². The third kappa shape index (κ3) is 6.65. The maximum atomic E-state index is 10.3. The number of methoxy groups -OCH3 is 1. The number of aliphatic hydroxyl groups is 1. The first kappa shape index (κ1) is 27.0. The molecule has 1 aliphatic heterocycles. The van der Waals surface area contributed by atoms with E-state index in [-0.39, 0.29) is 18.4 Å².